The minimum Gasteiger partial charge on any atom is -0.370 e. The third kappa shape index (κ3) is 3.33. The molecule has 0 aliphatic heterocycles. The zero-order valence-electron chi connectivity index (χ0n) is 16.8. The molecule has 1 heterocycles. The maximum atomic E-state index is 5.14. The summed E-state index contributed by atoms with van der Waals surface area (Å²) >= 11 is 0. The topological polar surface area (TPSA) is 16.1 Å². The van der Waals surface area contributed by atoms with Gasteiger partial charge in [0.1, 0.15) is 0 Å². The molecule has 0 radical (unpaired) electrons. The lowest BCUT2D eigenvalue weighted by molar-refractivity contribution is 0.743. The van der Waals surface area contributed by atoms with Gasteiger partial charge >= 0.3 is 0 Å². The quantitative estimate of drug-likeness (QED) is 0.509. The molecule has 0 spiro atoms. The van der Waals surface area contributed by atoms with Gasteiger partial charge in [-0.05, 0) is 44.7 Å². The number of hydrogen-bond donors (Lipinski definition) is 0. The van der Waals surface area contributed by atoms with Crippen molar-refractivity contribution in [2.24, 2.45) is 0 Å². The van der Waals surface area contributed by atoms with Crippen molar-refractivity contribution >= 4 is 16.5 Å². The largest absolute Gasteiger partial charge is 0.370 e. The molecule has 2 heteroatoms. The van der Waals surface area contributed by atoms with Gasteiger partial charge in [0.15, 0.2) is 0 Å². The highest BCUT2D eigenvalue weighted by Crippen LogP contribution is 2.38. The molecule has 1 aromatic heterocycles. The van der Waals surface area contributed by atoms with Gasteiger partial charge in [-0.1, -0.05) is 56.3 Å². The zero-order valence-corrected chi connectivity index (χ0v) is 16.8. The number of anilines is 1. The van der Waals surface area contributed by atoms with Gasteiger partial charge in [-0.25, -0.2) is 0 Å². The van der Waals surface area contributed by atoms with Gasteiger partial charge in [-0.2, -0.15) is 0 Å². The molecular formula is C24H30N2. The second-order valence-electron chi connectivity index (χ2n) is 7.19. The molecule has 0 amide bonds. The van der Waals surface area contributed by atoms with E-state index in [2.05, 4.69) is 82.0 Å². The molecule has 2 nitrogen and oxygen atoms in total. The van der Waals surface area contributed by atoms with Crippen LogP contribution in [0.15, 0.2) is 42.5 Å². The number of aromatic nitrogens is 1. The molecule has 0 saturated carbocycles. The van der Waals surface area contributed by atoms with E-state index in [1.54, 1.807) is 0 Å². The first kappa shape index (κ1) is 18.4. The average molecular weight is 347 g/mol. The Labute approximate surface area is 157 Å². The van der Waals surface area contributed by atoms with Crippen LogP contribution >= 0.6 is 0 Å². The molecule has 3 aromatic rings. The van der Waals surface area contributed by atoms with Crippen LogP contribution < -0.4 is 4.90 Å². The van der Waals surface area contributed by atoms with Gasteiger partial charge in [0, 0.05) is 29.4 Å². The molecule has 0 aliphatic carbocycles. The molecule has 26 heavy (non-hydrogen) atoms. The van der Waals surface area contributed by atoms with E-state index in [1.807, 2.05) is 0 Å². The molecule has 136 valence electrons. The second kappa shape index (κ2) is 7.90. The number of pyridine rings is 1. The lowest BCUT2D eigenvalue weighted by Crippen LogP contribution is -2.26. The van der Waals surface area contributed by atoms with Crippen molar-refractivity contribution in [1.29, 1.82) is 0 Å². The van der Waals surface area contributed by atoms with Crippen LogP contribution in [0, 0.1) is 20.8 Å². The number of hydrogen-bond acceptors (Lipinski definition) is 2. The molecule has 2 aromatic carbocycles. The van der Waals surface area contributed by atoms with Crippen LogP contribution in [0.5, 0.6) is 0 Å². The minimum atomic E-state index is 1.07. The number of aryl methyl sites for hydroxylation is 3. The van der Waals surface area contributed by atoms with Gasteiger partial charge < -0.3 is 4.90 Å². The summed E-state index contributed by atoms with van der Waals surface area (Å²) in [6, 6.07) is 15.3. The highest BCUT2D eigenvalue weighted by Gasteiger charge is 2.18. The van der Waals surface area contributed by atoms with Crippen molar-refractivity contribution in [1.82, 2.24) is 4.98 Å². The highest BCUT2D eigenvalue weighted by molar-refractivity contribution is 6.03. The third-order valence-electron chi connectivity index (χ3n) is 5.08. The van der Waals surface area contributed by atoms with Crippen molar-refractivity contribution in [3.63, 3.8) is 0 Å². The molecule has 0 bridgehead atoms. The lowest BCUT2D eigenvalue weighted by atomic mass is 9.94. The first-order valence-electron chi connectivity index (χ1n) is 9.79. The summed E-state index contributed by atoms with van der Waals surface area (Å²) in [5, 5.41) is 2.57. The lowest BCUT2D eigenvalue weighted by Gasteiger charge is -2.28. The molecule has 0 saturated heterocycles. The summed E-state index contributed by atoms with van der Waals surface area (Å²) in [6.45, 7) is 13.2. The number of fused-ring (bicyclic) bond motifs is 1. The van der Waals surface area contributed by atoms with Gasteiger partial charge in [0.05, 0.1) is 17.1 Å². The number of rotatable bonds is 6. The van der Waals surface area contributed by atoms with Crippen molar-refractivity contribution < 1.29 is 0 Å². The van der Waals surface area contributed by atoms with E-state index in [4.69, 9.17) is 4.98 Å². The maximum absolute atomic E-state index is 5.14. The SMILES string of the molecule is CCCN(CCC)c1c(C)nc(-c2c(C)cccc2C)c2ccccc12. The standard InChI is InChI=1S/C24H30N2/c1-6-15-26(16-7-2)24-19(5)25-23(20-13-8-9-14-21(20)24)22-17(3)11-10-12-18(22)4/h8-14H,6-7,15-16H2,1-5H3. The van der Waals surface area contributed by atoms with Crippen LogP contribution in [0.1, 0.15) is 43.5 Å². The first-order chi connectivity index (χ1) is 12.6. The fourth-order valence-electron chi connectivity index (χ4n) is 4.02. The summed E-state index contributed by atoms with van der Waals surface area (Å²) in [5.74, 6) is 0. The average Bonchev–Trinajstić information content (AvgIpc) is 2.61. The van der Waals surface area contributed by atoms with Crippen molar-refractivity contribution in [3.8, 4) is 11.3 Å². The summed E-state index contributed by atoms with van der Waals surface area (Å²) < 4.78 is 0. The number of benzene rings is 2. The fourth-order valence-corrected chi connectivity index (χ4v) is 4.02. The maximum Gasteiger partial charge on any atom is 0.0790 e. The Morgan fingerprint density at radius 2 is 1.35 bits per heavy atom. The van der Waals surface area contributed by atoms with E-state index in [9.17, 15) is 0 Å². The normalized spacial score (nSPS) is 11.1. The zero-order chi connectivity index (χ0) is 18.7. The predicted octanol–water partition coefficient (Wildman–Crippen LogP) is 6.45. The molecule has 0 atom stereocenters. The van der Waals surface area contributed by atoms with Crippen molar-refractivity contribution in [3.05, 3.63) is 59.3 Å². The molecule has 0 fully saturated rings. The van der Waals surface area contributed by atoms with Gasteiger partial charge in [0.2, 0.25) is 0 Å². The van der Waals surface area contributed by atoms with Crippen molar-refractivity contribution in [2.75, 3.05) is 18.0 Å². The Morgan fingerprint density at radius 3 is 1.92 bits per heavy atom. The Kier molecular flexibility index (Phi) is 5.61. The number of nitrogens with zero attached hydrogens (tertiary/aromatic N) is 2. The van der Waals surface area contributed by atoms with Crippen LogP contribution in [0.4, 0.5) is 5.69 Å². The highest BCUT2D eigenvalue weighted by atomic mass is 15.1. The van der Waals surface area contributed by atoms with E-state index >= 15 is 0 Å². The Bertz CT molecular complexity index is 885. The van der Waals surface area contributed by atoms with Crippen LogP contribution in [-0.4, -0.2) is 18.1 Å². The molecular weight excluding hydrogens is 316 g/mol. The van der Waals surface area contributed by atoms with Crippen molar-refractivity contribution in [2.45, 2.75) is 47.5 Å². The summed E-state index contributed by atoms with van der Waals surface area (Å²) in [4.78, 5) is 7.65. The Morgan fingerprint density at radius 1 is 0.769 bits per heavy atom. The Balaban J connectivity index is 2.31. The van der Waals surface area contributed by atoms with E-state index in [0.717, 1.165) is 37.3 Å². The van der Waals surface area contributed by atoms with Crippen LogP contribution in [-0.2, 0) is 0 Å². The minimum absolute atomic E-state index is 1.07. The fraction of sp³-hybridized carbons (Fsp3) is 0.375. The third-order valence-corrected chi connectivity index (χ3v) is 5.08. The van der Waals surface area contributed by atoms with E-state index in [0.29, 0.717) is 0 Å². The summed E-state index contributed by atoms with van der Waals surface area (Å²) in [6.07, 6.45) is 2.29. The predicted molar refractivity (Wildman–Crippen MR) is 114 cm³/mol. The molecule has 0 unspecified atom stereocenters. The second-order valence-corrected chi connectivity index (χ2v) is 7.19. The van der Waals surface area contributed by atoms with E-state index < -0.39 is 0 Å². The van der Waals surface area contributed by atoms with Crippen LogP contribution in [0.2, 0.25) is 0 Å². The van der Waals surface area contributed by atoms with Crippen LogP contribution in [0.3, 0.4) is 0 Å². The molecule has 0 N–H and O–H groups in total. The molecule has 0 aliphatic rings. The van der Waals surface area contributed by atoms with Gasteiger partial charge in [-0.15, -0.1) is 0 Å². The van der Waals surface area contributed by atoms with Gasteiger partial charge in [0.25, 0.3) is 0 Å². The van der Waals surface area contributed by atoms with Gasteiger partial charge in [-0.3, -0.25) is 4.98 Å². The summed E-state index contributed by atoms with van der Waals surface area (Å²) in [7, 11) is 0. The van der Waals surface area contributed by atoms with E-state index in [-0.39, 0.29) is 0 Å². The smallest absolute Gasteiger partial charge is 0.0790 e. The van der Waals surface area contributed by atoms with E-state index in [1.165, 1.54) is 33.2 Å². The summed E-state index contributed by atoms with van der Waals surface area (Å²) in [5.41, 5.74) is 7.39. The molecule has 3 rings (SSSR count). The Hall–Kier alpha value is -2.35. The first-order valence-corrected chi connectivity index (χ1v) is 9.79. The van der Waals surface area contributed by atoms with Crippen LogP contribution in [0.25, 0.3) is 22.0 Å². The monoisotopic (exact) mass is 346 g/mol.